The summed E-state index contributed by atoms with van der Waals surface area (Å²) in [5, 5.41) is 29.9. The largest absolute Gasteiger partial charge is 0.492 e. The van der Waals surface area contributed by atoms with Crippen LogP contribution in [0.5, 0.6) is 5.75 Å². The molecule has 3 aromatic heterocycles. The first-order valence-electron chi connectivity index (χ1n) is 23.9. The Hall–Kier alpha value is -6.34. The molecule has 0 spiro atoms. The monoisotopic (exact) mass is 1040 g/mol. The van der Waals surface area contributed by atoms with Crippen molar-refractivity contribution in [2.45, 2.75) is 111 Å². The molecular weight excluding hydrogens is 977 g/mol. The zero-order valence-corrected chi connectivity index (χ0v) is 43.9. The molecule has 0 bridgehead atoms. The third-order valence-electron chi connectivity index (χ3n) is 13.1. The Labute approximate surface area is 431 Å². The number of aliphatic imine (C=N–C) groups is 1. The average Bonchev–Trinajstić information content (AvgIpc) is 4.10. The minimum atomic E-state index is -1.03. The molecule has 15 nitrogen and oxygen atoms in total. The highest BCUT2D eigenvalue weighted by molar-refractivity contribution is 7.15. The number of aryl methyl sites for hydroxylation is 4. The second-order valence-corrected chi connectivity index (χ2v) is 22.0. The van der Waals surface area contributed by atoms with E-state index in [0.29, 0.717) is 22.2 Å². The number of aliphatic hydroxyl groups is 1. The number of benzene rings is 3. The molecule has 6 aromatic rings. The van der Waals surface area contributed by atoms with E-state index in [2.05, 4.69) is 45.0 Å². The molecule has 0 radical (unpaired) electrons. The van der Waals surface area contributed by atoms with E-state index in [-0.39, 0.29) is 63.1 Å². The summed E-state index contributed by atoms with van der Waals surface area (Å²) in [6.07, 6.45) is -0.831. The molecule has 0 aliphatic carbocycles. The number of thiophene rings is 1. The number of likely N-dealkylation sites (tertiary alicyclic amines) is 1. The molecule has 0 saturated carbocycles. The number of hydrogen-bond acceptors (Lipinski definition) is 12. The quantitative estimate of drug-likeness (QED) is 0.0691. The highest BCUT2D eigenvalue weighted by Crippen LogP contribution is 2.40. The lowest BCUT2D eigenvalue weighted by molar-refractivity contribution is -0.144. The molecule has 378 valence electrons. The van der Waals surface area contributed by atoms with E-state index in [0.717, 1.165) is 54.0 Å². The van der Waals surface area contributed by atoms with Gasteiger partial charge in [-0.1, -0.05) is 68.8 Å². The van der Waals surface area contributed by atoms with Gasteiger partial charge in [0.05, 0.1) is 46.9 Å². The van der Waals surface area contributed by atoms with E-state index in [1.54, 1.807) is 34.3 Å². The summed E-state index contributed by atoms with van der Waals surface area (Å²) in [6, 6.07) is 16.5. The number of β-amino-alcohol motifs (C(OH)–C–C–N with tert-alkyl or cyclic N) is 1. The maximum Gasteiger partial charge on any atom is 0.246 e. The fourth-order valence-electron chi connectivity index (χ4n) is 9.09. The number of ether oxygens (including phenoxy) is 1. The Kier molecular flexibility index (Phi) is 15.7. The second-order valence-electron chi connectivity index (χ2n) is 19.5. The lowest BCUT2D eigenvalue weighted by atomic mass is 9.85. The smallest absolute Gasteiger partial charge is 0.246 e. The number of fused-ring (bicyclic) bond motifs is 3. The van der Waals surface area contributed by atoms with Crippen LogP contribution in [0, 0.1) is 38.9 Å². The number of nitrogens with one attached hydrogen (secondary N) is 3. The van der Waals surface area contributed by atoms with Crippen molar-refractivity contribution in [3.63, 3.8) is 0 Å². The van der Waals surface area contributed by atoms with Crippen molar-refractivity contribution in [1.82, 2.24) is 40.6 Å². The van der Waals surface area contributed by atoms with Gasteiger partial charge in [0, 0.05) is 46.5 Å². The number of aliphatic hydroxyl groups excluding tert-OH is 1. The molecule has 0 unspecified atom stereocenters. The van der Waals surface area contributed by atoms with Crippen molar-refractivity contribution < 1.29 is 33.4 Å². The molecule has 19 heteroatoms. The van der Waals surface area contributed by atoms with Crippen LogP contribution in [0.1, 0.15) is 109 Å². The number of halogens is 2. The number of carbonyl (C=O) groups excluding carboxylic acids is 4. The Morgan fingerprint density at radius 2 is 1.68 bits per heavy atom. The summed E-state index contributed by atoms with van der Waals surface area (Å²) >= 11 is 9.43. The van der Waals surface area contributed by atoms with Gasteiger partial charge in [-0.25, -0.2) is 9.37 Å². The number of hydrogen-bond donors (Lipinski definition) is 4. The van der Waals surface area contributed by atoms with Gasteiger partial charge in [0.25, 0.3) is 0 Å². The minimum Gasteiger partial charge on any atom is -0.492 e. The third-order valence-corrected chi connectivity index (χ3v) is 15.5. The molecule has 8 rings (SSSR count). The summed E-state index contributed by atoms with van der Waals surface area (Å²) in [7, 11) is 0. The molecular formula is C53H59ClFN9O6S2. The summed E-state index contributed by atoms with van der Waals surface area (Å²) in [5.41, 5.74) is 8.02. The molecule has 4 N–H and O–H groups in total. The first-order valence-corrected chi connectivity index (χ1v) is 26.0. The summed E-state index contributed by atoms with van der Waals surface area (Å²) in [4.78, 5) is 68.1. The summed E-state index contributed by atoms with van der Waals surface area (Å²) in [6.45, 7) is 15.3. The van der Waals surface area contributed by atoms with Gasteiger partial charge in [-0.3, -0.25) is 28.7 Å². The zero-order valence-electron chi connectivity index (χ0n) is 41.5. The Balaban J connectivity index is 0.848. The molecule has 5 heterocycles. The molecule has 5 atom stereocenters. The first kappa shape index (κ1) is 52.0. The lowest BCUT2D eigenvalue weighted by Crippen LogP contribution is -2.57. The van der Waals surface area contributed by atoms with Crippen molar-refractivity contribution in [1.29, 1.82) is 0 Å². The van der Waals surface area contributed by atoms with Gasteiger partial charge in [-0.05, 0) is 93.0 Å². The fourth-order valence-corrected chi connectivity index (χ4v) is 11.2. The second kappa shape index (κ2) is 21.8. The number of rotatable bonds is 16. The van der Waals surface area contributed by atoms with Crippen molar-refractivity contribution in [2.24, 2.45) is 10.4 Å². The third kappa shape index (κ3) is 11.6. The molecule has 72 heavy (non-hydrogen) atoms. The van der Waals surface area contributed by atoms with E-state index >= 15 is 0 Å². The van der Waals surface area contributed by atoms with Gasteiger partial charge in [-0.2, -0.15) is 0 Å². The average molecular weight is 1040 g/mol. The topological polar surface area (TPSA) is 193 Å². The van der Waals surface area contributed by atoms with Crippen LogP contribution in [0.25, 0.3) is 15.4 Å². The SMILES string of the molecule is Cc1ncsc1-c1ccc([C@H](C)NC(=O)[C@@H]2C[C@@H](O)CN2C(=O)[C@@H](NC(=O)CCc2cc(F)cc(OCCNC(=O)C[C@@H]3N=C(c4ccc(Cl)cc4)c4c(sc(C)c4C)-n4c(C)nnc43)c2)C(C)(C)C)cc1. The van der Waals surface area contributed by atoms with Crippen LogP contribution in [-0.4, -0.2) is 97.0 Å². The van der Waals surface area contributed by atoms with Crippen LogP contribution in [0.4, 0.5) is 4.39 Å². The van der Waals surface area contributed by atoms with E-state index in [1.165, 1.54) is 17.0 Å². The van der Waals surface area contributed by atoms with Gasteiger partial charge >= 0.3 is 0 Å². The number of thiazole rings is 1. The molecule has 4 amide bonds. The minimum absolute atomic E-state index is 0.0178. The van der Waals surface area contributed by atoms with Crippen LogP contribution in [0.3, 0.4) is 0 Å². The van der Waals surface area contributed by atoms with Crippen LogP contribution in [-0.2, 0) is 25.6 Å². The first-order chi connectivity index (χ1) is 34.2. The Bertz CT molecular complexity index is 3020. The maximum absolute atomic E-state index is 15.0. The van der Waals surface area contributed by atoms with Crippen molar-refractivity contribution in [2.75, 3.05) is 19.7 Å². The summed E-state index contributed by atoms with van der Waals surface area (Å²) in [5.74, 6) is -0.735. The molecule has 1 fully saturated rings. The summed E-state index contributed by atoms with van der Waals surface area (Å²) < 4.78 is 22.8. The molecule has 2 aliphatic heterocycles. The van der Waals surface area contributed by atoms with Crippen LogP contribution >= 0.6 is 34.3 Å². The lowest BCUT2D eigenvalue weighted by Gasteiger charge is -2.35. The van der Waals surface area contributed by atoms with E-state index in [1.807, 2.05) is 94.6 Å². The van der Waals surface area contributed by atoms with Gasteiger partial charge < -0.3 is 30.7 Å². The van der Waals surface area contributed by atoms with E-state index < -0.39 is 53.2 Å². The van der Waals surface area contributed by atoms with Gasteiger partial charge in [0.15, 0.2) is 5.82 Å². The van der Waals surface area contributed by atoms with Gasteiger partial charge in [0.2, 0.25) is 23.6 Å². The molecule has 3 aromatic carbocycles. The van der Waals surface area contributed by atoms with E-state index in [9.17, 15) is 28.7 Å². The predicted molar refractivity (Wildman–Crippen MR) is 277 cm³/mol. The fraction of sp³-hybridized carbons (Fsp3) is 0.396. The number of nitrogens with zero attached hydrogens (tertiary/aromatic N) is 6. The predicted octanol–water partition coefficient (Wildman–Crippen LogP) is 8.26. The van der Waals surface area contributed by atoms with Crippen LogP contribution in [0.15, 0.2) is 77.2 Å². The van der Waals surface area contributed by atoms with Gasteiger partial charge in [0.1, 0.15) is 47.1 Å². The number of carbonyl (C=O) groups is 4. The van der Waals surface area contributed by atoms with Gasteiger partial charge in [-0.15, -0.1) is 32.9 Å². The van der Waals surface area contributed by atoms with E-state index in [4.69, 9.17) is 21.3 Å². The Morgan fingerprint density at radius 3 is 2.38 bits per heavy atom. The standard InChI is InChI=1S/C53H59ClFN9O6S2/c1-28-31(4)72-52-45(28)46(35-14-16-37(54)17-15-35)59-41(49-62-61-32(5)64(49)52)25-44(67)56-19-20-70-40-22-33(21-38(55)23-40)9-18-43(66)60-48(53(6,7)8)51(69)63-26-39(65)24-42(63)50(68)58-29(2)34-10-12-36(13-11-34)47-30(3)57-27-71-47/h10-17,21-23,27,29,39,41-42,48,65H,9,18-20,24-26H2,1-8H3,(H,56,67)(H,58,68)(H,60,66)/t29-,39+,41-,42-,48+/m0/s1. The van der Waals surface area contributed by atoms with Crippen LogP contribution < -0.4 is 20.7 Å². The molecule has 2 aliphatic rings. The number of aromatic nitrogens is 4. The highest BCUT2D eigenvalue weighted by Gasteiger charge is 2.45. The molecule has 1 saturated heterocycles. The van der Waals surface area contributed by atoms with Crippen molar-refractivity contribution >= 4 is 63.6 Å². The maximum atomic E-state index is 15.0. The normalized spacial score (nSPS) is 17.3. The van der Waals surface area contributed by atoms with Crippen LogP contribution in [0.2, 0.25) is 5.02 Å². The Morgan fingerprint density at radius 1 is 0.958 bits per heavy atom. The van der Waals surface area contributed by atoms with Crippen molar-refractivity contribution in [3.05, 3.63) is 133 Å². The highest BCUT2D eigenvalue weighted by atomic mass is 35.5. The zero-order chi connectivity index (χ0) is 51.6. The number of amides is 4. The van der Waals surface area contributed by atoms with Crippen molar-refractivity contribution in [3.8, 4) is 21.2 Å².